The molecule has 1 aliphatic heterocycles. The smallest absolute Gasteiger partial charge is 0.308 e. The summed E-state index contributed by atoms with van der Waals surface area (Å²) in [6.45, 7) is 1.12. The van der Waals surface area contributed by atoms with Gasteiger partial charge in [0, 0.05) is 13.1 Å². The van der Waals surface area contributed by atoms with Gasteiger partial charge in [0.15, 0.2) is 0 Å². The van der Waals surface area contributed by atoms with Crippen molar-refractivity contribution >= 4 is 11.9 Å². The SMILES string of the molecule is COC(=O)C1CCN(C(=O)C2(C#N)CCC2)CC1. The van der Waals surface area contributed by atoms with Crippen LogP contribution in [-0.2, 0) is 14.3 Å². The van der Waals surface area contributed by atoms with Crippen LogP contribution >= 0.6 is 0 Å². The Morgan fingerprint density at radius 3 is 2.33 bits per heavy atom. The molecule has 5 heteroatoms. The van der Waals surface area contributed by atoms with E-state index in [1.54, 1.807) is 4.90 Å². The summed E-state index contributed by atoms with van der Waals surface area (Å²) < 4.78 is 4.71. The molecule has 98 valence electrons. The Morgan fingerprint density at radius 2 is 1.94 bits per heavy atom. The number of nitrogens with zero attached hydrogens (tertiary/aromatic N) is 2. The van der Waals surface area contributed by atoms with E-state index in [9.17, 15) is 9.59 Å². The molecule has 0 aromatic carbocycles. The molecule has 18 heavy (non-hydrogen) atoms. The van der Waals surface area contributed by atoms with E-state index in [4.69, 9.17) is 10.00 Å². The van der Waals surface area contributed by atoms with Gasteiger partial charge in [0.25, 0.3) is 0 Å². The molecule has 0 radical (unpaired) electrons. The zero-order valence-corrected chi connectivity index (χ0v) is 10.6. The number of esters is 1. The van der Waals surface area contributed by atoms with E-state index in [0.29, 0.717) is 38.8 Å². The molecule has 2 aliphatic rings. The first-order valence-electron chi connectivity index (χ1n) is 6.41. The molecule has 0 bridgehead atoms. The molecule has 0 atom stereocenters. The van der Waals surface area contributed by atoms with Gasteiger partial charge in [-0.3, -0.25) is 9.59 Å². The topological polar surface area (TPSA) is 70.4 Å². The highest BCUT2D eigenvalue weighted by molar-refractivity contribution is 5.86. The highest BCUT2D eigenvalue weighted by atomic mass is 16.5. The Labute approximate surface area is 107 Å². The molecule has 0 aromatic heterocycles. The first-order valence-corrected chi connectivity index (χ1v) is 6.41. The van der Waals surface area contributed by atoms with Crippen molar-refractivity contribution in [1.82, 2.24) is 4.90 Å². The number of carbonyl (C=O) groups excluding carboxylic acids is 2. The van der Waals surface area contributed by atoms with Crippen LogP contribution in [0.15, 0.2) is 0 Å². The lowest BCUT2D eigenvalue weighted by Crippen LogP contribution is -2.50. The predicted molar refractivity (Wildman–Crippen MR) is 63.2 cm³/mol. The van der Waals surface area contributed by atoms with Crippen molar-refractivity contribution < 1.29 is 14.3 Å². The number of hydrogen-bond acceptors (Lipinski definition) is 4. The number of methoxy groups -OCH3 is 1. The summed E-state index contributed by atoms with van der Waals surface area (Å²) in [5.41, 5.74) is -0.766. The van der Waals surface area contributed by atoms with E-state index in [1.807, 2.05) is 0 Å². The number of hydrogen-bond donors (Lipinski definition) is 0. The fourth-order valence-electron chi connectivity index (χ4n) is 2.69. The van der Waals surface area contributed by atoms with Gasteiger partial charge in [-0.15, -0.1) is 0 Å². The van der Waals surface area contributed by atoms with E-state index in [1.165, 1.54) is 7.11 Å². The van der Waals surface area contributed by atoms with Gasteiger partial charge >= 0.3 is 5.97 Å². The van der Waals surface area contributed by atoms with E-state index in [2.05, 4.69) is 6.07 Å². The second-order valence-corrected chi connectivity index (χ2v) is 5.14. The third-order valence-corrected chi connectivity index (χ3v) is 4.15. The zero-order chi connectivity index (χ0) is 13.2. The number of nitriles is 1. The van der Waals surface area contributed by atoms with Crippen LogP contribution < -0.4 is 0 Å². The van der Waals surface area contributed by atoms with Crippen molar-refractivity contribution in [3.63, 3.8) is 0 Å². The van der Waals surface area contributed by atoms with Crippen LogP contribution in [0, 0.1) is 22.7 Å². The highest BCUT2D eigenvalue weighted by Gasteiger charge is 2.47. The standard InChI is InChI=1S/C13H18N2O3/c1-18-11(16)10-3-7-15(8-4-10)12(17)13(9-14)5-2-6-13/h10H,2-8H2,1H3. The lowest BCUT2D eigenvalue weighted by atomic mass is 9.68. The van der Waals surface area contributed by atoms with Gasteiger partial charge < -0.3 is 9.64 Å². The minimum absolute atomic E-state index is 0.0421. The van der Waals surface area contributed by atoms with Crippen molar-refractivity contribution in [3.05, 3.63) is 0 Å². The Kier molecular flexibility index (Phi) is 3.55. The van der Waals surface area contributed by atoms with Crippen LogP contribution in [0.25, 0.3) is 0 Å². The molecular weight excluding hydrogens is 232 g/mol. The van der Waals surface area contributed by atoms with Crippen LogP contribution in [0.3, 0.4) is 0 Å². The molecular formula is C13H18N2O3. The van der Waals surface area contributed by atoms with Gasteiger partial charge in [-0.2, -0.15) is 5.26 Å². The van der Waals surface area contributed by atoms with Gasteiger partial charge in [0.1, 0.15) is 5.41 Å². The molecule has 0 spiro atoms. The van der Waals surface area contributed by atoms with Gasteiger partial charge in [0.05, 0.1) is 19.1 Å². The van der Waals surface area contributed by atoms with Gasteiger partial charge in [0.2, 0.25) is 5.91 Å². The van der Waals surface area contributed by atoms with Crippen LogP contribution in [0.5, 0.6) is 0 Å². The molecule has 0 N–H and O–H groups in total. The number of rotatable bonds is 2. The first-order chi connectivity index (χ1) is 8.63. The molecule has 1 heterocycles. The summed E-state index contributed by atoms with van der Waals surface area (Å²) in [5.74, 6) is -0.334. The fraction of sp³-hybridized carbons (Fsp3) is 0.769. The molecule has 1 saturated carbocycles. The molecule has 0 unspecified atom stereocenters. The number of likely N-dealkylation sites (tertiary alicyclic amines) is 1. The second-order valence-electron chi connectivity index (χ2n) is 5.14. The number of amides is 1. The average molecular weight is 250 g/mol. The normalized spacial score (nSPS) is 22.8. The minimum Gasteiger partial charge on any atom is -0.469 e. The third-order valence-electron chi connectivity index (χ3n) is 4.15. The Bertz CT molecular complexity index is 388. The summed E-state index contributed by atoms with van der Waals surface area (Å²) >= 11 is 0. The first kappa shape index (κ1) is 12.9. The van der Waals surface area contributed by atoms with Crippen molar-refractivity contribution in [2.75, 3.05) is 20.2 Å². The summed E-state index contributed by atoms with van der Waals surface area (Å²) in [6, 6.07) is 2.17. The van der Waals surface area contributed by atoms with Gasteiger partial charge in [-0.25, -0.2) is 0 Å². The van der Waals surface area contributed by atoms with Crippen LogP contribution in [0.2, 0.25) is 0 Å². The van der Waals surface area contributed by atoms with Crippen LogP contribution in [0.1, 0.15) is 32.1 Å². The summed E-state index contributed by atoms with van der Waals surface area (Å²) in [6.07, 6.45) is 3.59. The third kappa shape index (κ3) is 2.07. The zero-order valence-electron chi connectivity index (χ0n) is 10.6. The highest BCUT2D eigenvalue weighted by Crippen LogP contribution is 2.42. The maximum Gasteiger partial charge on any atom is 0.308 e. The Morgan fingerprint density at radius 1 is 1.33 bits per heavy atom. The van der Waals surface area contributed by atoms with Crippen molar-refractivity contribution in [2.45, 2.75) is 32.1 Å². The van der Waals surface area contributed by atoms with Gasteiger partial charge in [-0.05, 0) is 32.1 Å². The van der Waals surface area contributed by atoms with Crippen molar-refractivity contribution in [3.8, 4) is 6.07 Å². The Balaban J connectivity index is 1.92. The van der Waals surface area contributed by atoms with E-state index in [-0.39, 0.29) is 17.8 Å². The lowest BCUT2D eigenvalue weighted by Gasteiger charge is -2.40. The summed E-state index contributed by atoms with van der Waals surface area (Å²) in [4.78, 5) is 25.4. The maximum absolute atomic E-state index is 12.3. The maximum atomic E-state index is 12.3. The van der Waals surface area contributed by atoms with E-state index >= 15 is 0 Å². The number of ether oxygens (including phenoxy) is 1. The van der Waals surface area contributed by atoms with Gasteiger partial charge in [-0.1, -0.05) is 0 Å². The molecule has 2 fully saturated rings. The largest absolute Gasteiger partial charge is 0.469 e. The fourth-order valence-corrected chi connectivity index (χ4v) is 2.69. The lowest BCUT2D eigenvalue weighted by molar-refractivity contribution is -0.151. The van der Waals surface area contributed by atoms with E-state index < -0.39 is 5.41 Å². The molecule has 0 aromatic rings. The number of carbonyl (C=O) groups is 2. The molecule has 2 rings (SSSR count). The predicted octanol–water partition coefficient (Wildman–Crippen LogP) is 1.09. The quantitative estimate of drug-likeness (QED) is 0.688. The molecule has 1 saturated heterocycles. The molecule has 5 nitrogen and oxygen atoms in total. The number of piperidine rings is 1. The van der Waals surface area contributed by atoms with E-state index in [0.717, 1.165) is 6.42 Å². The van der Waals surface area contributed by atoms with Crippen molar-refractivity contribution in [1.29, 1.82) is 5.26 Å². The Hall–Kier alpha value is -1.57. The molecule has 1 aliphatic carbocycles. The second kappa shape index (κ2) is 4.97. The van der Waals surface area contributed by atoms with Crippen LogP contribution in [0.4, 0.5) is 0 Å². The van der Waals surface area contributed by atoms with Crippen molar-refractivity contribution in [2.24, 2.45) is 11.3 Å². The average Bonchev–Trinajstić information content (AvgIpc) is 2.37. The molecule has 1 amide bonds. The summed E-state index contributed by atoms with van der Waals surface area (Å²) in [5, 5.41) is 9.14. The minimum atomic E-state index is -0.766. The summed E-state index contributed by atoms with van der Waals surface area (Å²) in [7, 11) is 1.39. The monoisotopic (exact) mass is 250 g/mol. The van der Waals surface area contributed by atoms with Crippen LogP contribution in [-0.4, -0.2) is 37.0 Å².